The highest BCUT2D eigenvalue weighted by Gasteiger charge is 2.26. The predicted molar refractivity (Wildman–Crippen MR) is 149 cm³/mol. The van der Waals surface area contributed by atoms with E-state index in [0.29, 0.717) is 17.9 Å². The molecule has 3 aromatic rings. The summed E-state index contributed by atoms with van der Waals surface area (Å²) < 4.78 is 12.4. The Hall–Kier alpha value is -3.24. The maximum absolute atomic E-state index is 12.4. The van der Waals surface area contributed by atoms with Crippen molar-refractivity contribution in [1.29, 1.82) is 0 Å². The van der Waals surface area contributed by atoms with E-state index in [1.165, 1.54) is 33.4 Å². The monoisotopic (exact) mass is 497 g/mol. The molecule has 0 amide bonds. The minimum atomic E-state index is -0.877. The number of carboxylic acids is 1. The first-order valence-electron chi connectivity index (χ1n) is 13.6. The smallest absolute Gasteiger partial charge is 0.335 e. The Balaban J connectivity index is 1.51. The van der Waals surface area contributed by atoms with Crippen LogP contribution in [0.15, 0.2) is 66.7 Å². The molecule has 4 heteroatoms. The fraction of sp³-hybridized carbons (Fsp3) is 0.364. The van der Waals surface area contributed by atoms with Crippen molar-refractivity contribution in [1.82, 2.24) is 4.90 Å². The molecule has 3 aromatic carbocycles. The van der Waals surface area contributed by atoms with Crippen LogP contribution in [-0.2, 0) is 19.3 Å². The van der Waals surface area contributed by atoms with Gasteiger partial charge in [-0.05, 0) is 101 Å². The molecule has 2 aliphatic rings. The Kier molecular flexibility index (Phi) is 7.85. The number of aryl methyl sites for hydroxylation is 2. The first-order chi connectivity index (χ1) is 18.1. The van der Waals surface area contributed by atoms with Crippen molar-refractivity contribution in [2.24, 2.45) is 5.92 Å². The summed E-state index contributed by atoms with van der Waals surface area (Å²) >= 11 is 0. The number of rotatable bonds is 9. The van der Waals surface area contributed by atoms with E-state index < -0.39 is 5.97 Å². The number of hydrogen-bond donors (Lipinski definition) is 1. The van der Waals surface area contributed by atoms with Gasteiger partial charge in [-0.3, -0.25) is 4.39 Å². The number of benzene rings is 3. The Morgan fingerprint density at radius 3 is 2.51 bits per heavy atom. The number of alkyl halides is 1. The van der Waals surface area contributed by atoms with Crippen LogP contribution in [0.4, 0.5) is 4.39 Å². The molecule has 1 aliphatic carbocycles. The third-order valence-corrected chi connectivity index (χ3v) is 7.93. The largest absolute Gasteiger partial charge is 0.478 e. The quantitative estimate of drug-likeness (QED) is 0.344. The van der Waals surface area contributed by atoms with Crippen molar-refractivity contribution in [3.63, 3.8) is 0 Å². The zero-order chi connectivity index (χ0) is 25.8. The van der Waals surface area contributed by atoms with E-state index in [-0.39, 0.29) is 6.67 Å². The van der Waals surface area contributed by atoms with Crippen LogP contribution >= 0.6 is 0 Å². The number of carbonyl (C=O) groups is 1. The summed E-state index contributed by atoms with van der Waals surface area (Å²) in [5.41, 5.74) is 10.4. The number of likely N-dealkylation sites (tertiary alicyclic amines) is 1. The molecule has 192 valence electrons. The van der Waals surface area contributed by atoms with Crippen LogP contribution in [0.1, 0.15) is 69.9 Å². The molecule has 1 N–H and O–H groups in total. The van der Waals surface area contributed by atoms with Crippen molar-refractivity contribution in [2.75, 3.05) is 26.3 Å². The van der Waals surface area contributed by atoms with E-state index in [9.17, 15) is 14.3 Å². The molecular formula is C33H36FNO2. The highest BCUT2D eigenvalue weighted by Crippen LogP contribution is 2.41. The standard InChI is InChI=1S/C33H36FNO2/c1-2-25-7-3-4-9-29(25)31-10-5-8-27-20-28(33(36)37)15-16-30(27)32(31)26-13-11-23(12-14-26)19-24-21-35(22-24)18-6-17-34/h3-4,7,9,11-16,20,24H,2,5-6,8,10,17-19,21-22H2,1H3,(H,36,37). The van der Waals surface area contributed by atoms with Crippen molar-refractivity contribution in [3.8, 4) is 0 Å². The van der Waals surface area contributed by atoms with Crippen molar-refractivity contribution >= 4 is 17.1 Å². The van der Waals surface area contributed by atoms with Crippen LogP contribution in [0.3, 0.4) is 0 Å². The van der Waals surface area contributed by atoms with E-state index in [2.05, 4.69) is 60.4 Å². The van der Waals surface area contributed by atoms with Crippen molar-refractivity contribution in [2.45, 2.75) is 45.4 Å². The minimum Gasteiger partial charge on any atom is -0.478 e. The molecule has 1 aliphatic heterocycles. The lowest BCUT2D eigenvalue weighted by molar-refractivity contribution is 0.0696. The highest BCUT2D eigenvalue weighted by molar-refractivity contribution is 6.01. The molecule has 37 heavy (non-hydrogen) atoms. The average molecular weight is 498 g/mol. The maximum atomic E-state index is 12.4. The summed E-state index contributed by atoms with van der Waals surface area (Å²) in [5, 5.41) is 9.59. The third kappa shape index (κ3) is 5.55. The highest BCUT2D eigenvalue weighted by atomic mass is 19.1. The lowest BCUT2D eigenvalue weighted by Crippen LogP contribution is -2.47. The van der Waals surface area contributed by atoms with Gasteiger partial charge in [-0.25, -0.2) is 4.79 Å². The van der Waals surface area contributed by atoms with Gasteiger partial charge in [0.15, 0.2) is 0 Å². The average Bonchev–Trinajstić information content (AvgIpc) is 3.09. The summed E-state index contributed by atoms with van der Waals surface area (Å²) in [7, 11) is 0. The number of fused-ring (bicyclic) bond motifs is 1. The van der Waals surface area contributed by atoms with Crippen LogP contribution in [0.25, 0.3) is 11.1 Å². The molecule has 0 saturated carbocycles. The van der Waals surface area contributed by atoms with Gasteiger partial charge < -0.3 is 10.0 Å². The van der Waals surface area contributed by atoms with Crippen LogP contribution in [0, 0.1) is 5.92 Å². The van der Waals surface area contributed by atoms with Gasteiger partial charge in [-0.1, -0.05) is 61.5 Å². The molecule has 1 saturated heterocycles. The van der Waals surface area contributed by atoms with E-state index in [4.69, 9.17) is 0 Å². The molecule has 3 nitrogen and oxygen atoms in total. The first kappa shape index (κ1) is 25.4. The molecule has 1 heterocycles. The Bertz CT molecular complexity index is 1290. The molecule has 0 spiro atoms. The van der Waals surface area contributed by atoms with Crippen molar-refractivity contribution in [3.05, 3.63) is 106 Å². The van der Waals surface area contributed by atoms with E-state index >= 15 is 0 Å². The van der Waals surface area contributed by atoms with Gasteiger partial charge in [0.1, 0.15) is 0 Å². The number of halogens is 1. The van der Waals surface area contributed by atoms with Gasteiger partial charge in [-0.2, -0.15) is 0 Å². The third-order valence-electron chi connectivity index (χ3n) is 7.93. The molecule has 0 atom stereocenters. The predicted octanol–water partition coefficient (Wildman–Crippen LogP) is 7.08. The second-order valence-electron chi connectivity index (χ2n) is 10.5. The van der Waals surface area contributed by atoms with Crippen LogP contribution in [0.5, 0.6) is 0 Å². The maximum Gasteiger partial charge on any atom is 0.335 e. The lowest BCUT2D eigenvalue weighted by Gasteiger charge is -2.39. The van der Waals surface area contributed by atoms with E-state index in [1.807, 2.05) is 12.1 Å². The molecule has 0 bridgehead atoms. The molecule has 0 unspecified atom stereocenters. The number of nitrogens with zero attached hydrogens (tertiary/aromatic N) is 1. The summed E-state index contributed by atoms with van der Waals surface area (Å²) in [4.78, 5) is 14.0. The summed E-state index contributed by atoms with van der Waals surface area (Å²) in [6.45, 7) is 4.96. The number of aromatic carboxylic acids is 1. The summed E-state index contributed by atoms with van der Waals surface area (Å²) in [5.74, 6) is -0.234. The van der Waals surface area contributed by atoms with Gasteiger partial charge in [0.05, 0.1) is 12.2 Å². The number of carboxylic acid groups (broad SMARTS) is 1. The molecular weight excluding hydrogens is 461 g/mol. The first-order valence-corrected chi connectivity index (χ1v) is 13.6. The Labute approximate surface area is 219 Å². The fourth-order valence-electron chi connectivity index (χ4n) is 6.06. The molecule has 5 rings (SSSR count). The Morgan fingerprint density at radius 2 is 1.78 bits per heavy atom. The molecule has 1 fully saturated rings. The summed E-state index contributed by atoms with van der Waals surface area (Å²) in [6, 6.07) is 23.3. The SMILES string of the molecule is CCc1ccccc1C1=C(c2ccc(CC3CN(CCCF)C3)cc2)c2ccc(C(=O)O)cc2CCC1. The van der Waals surface area contributed by atoms with Crippen LogP contribution in [0.2, 0.25) is 0 Å². The van der Waals surface area contributed by atoms with Gasteiger partial charge in [-0.15, -0.1) is 0 Å². The zero-order valence-electron chi connectivity index (χ0n) is 21.7. The fourth-order valence-corrected chi connectivity index (χ4v) is 6.06. The topological polar surface area (TPSA) is 40.5 Å². The van der Waals surface area contributed by atoms with Gasteiger partial charge in [0, 0.05) is 19.6 Å². The van der Waals surface area contributed by atoms with Crippen LogP contribution in [-0.4, -0.2) is 42.3 Å². The normalized spacial score (nSPS) is 16.3. The second kappa shape index (κ2) is 11.4. The second-order valence-corrected chi connectivity index (χ2v) is 10.5. The Morgan fingerprint density at radius 1 is 1.00 bits per heavy atom. The number of allylic oxidation sites excluding steroid dienone is 1. The van der Waals surface area contributed by atoms with E-state index in [0.717, 1.165) is 62.9 Å². The van der Waals surface area contributed by atoms with Gasteiger partial charge in [0.2, 0.25) is 0 Å². The lowest BCUT2D eigenvalue weighted by atomic mass is 9.84. The van der Waals surface area contributed by atoms with Crippen LogP contribution < -0.4 is 0 Å². The number of hydrogen-bond acceptors (Lipinski definition) is 2. The van der Waals surface area contributed by atoms with E-state index in [1.54, 1.807) is 6.07 Å². The molecule has 0 radical (unpaired) electrons. The minimum absolute atomic E-state index is 0.232. The van der Waals surface area contributed by atoms with Gasteiger partial charge >= 0.3 is 5.97 Å². The van der Waals surface area contributed by atoms with Crippen molar-refractivity contribution < 1.29 is 14.3 Å². The molecule has 0 aromatic heterocycles. The summed E-state index contributed by atoms with van der Waals surface area (Å²) in [6.07, 6.45) is 5.48. The zero-order valence-corrected chi connectivity index (χ0v) is 21.7. The van der Waals surface area contributed by atoms with Gasteiger partial charge in [0.25, 0.3) is 0 Å².